The Bertz CT molecular complexity index is 1590. The molecule has 2 fully saturated rings. The van der Waals surface area contributed by atoms with E-state index in [4.69, 9.17) is 9.47 Å². The Morgan fingerprint density at radius 3 is 2.86 bits per heavy atom. The second-order valence-electron chi connectivity index (χ2n) is 12.0. The Kier molecular flexibility index (Phi) is 8.48. The predicted octanol–water partition coefficient (Wildman–Crippen LogP) is 4.92. The van der Waals surface area contributed by atoms with Gasteiger partial charge in [0.2, 0.25) is 11.8 Å². The fourth-order valence-electron chi connectivity index (χ4n) is 6.26. The zero-order chi connectivity index (χ0) is 30.8. The van der Waals surface area contributed by atoms with Crippen molar-refractivity contribution in [2.75, 3.05) is 19.0 Å². The summed E-state index contributed by atoms with van der Waals surface area (Å²) in [7, 11) is 1.59. The minimum Gasteiger partial charge on any atom is -0.497 e. The van der Waals surface area contributed by atoms with Crippen molar-refractivity contribution in [2.24, 2.45) is 5.92 Å². The average Bonchev–Trinajstić information content (AvgIpc) is 3.32. The first-order valence-corrected chi connectivity index (χ1v) is 16.0. The standard InChI is InChI=1S/C33H38N4O6S/c1-20-13-14-25-28(15-20)44-32(35-25)43-24-17-27-29(38)36-33(31(40)41)18-21(33)9-6-4-3-5-7-12-26(30(39)37(27)19-24)34-22-10-8-11-23(16-22)42-2/h6,8-11,13-16,21,24,26-27,34H,3-5,7,12,17-19H2,1-2H3,(H,36,38)(H,40,41)/b9-6-/t21-,24+,26-,27-,33+/m0/s1. The number of ether oxygens (including phenoxy) is 2. The van der Waals surface area contributed by atoms with E-state index in [9.17, 15) is 19.5 Å². The number of carbonyl (C=O) groups excluding carboxylic acids is 2. The number of hydrogen-bond acceptors (Lipinski definition) is 8. The lowest BCUT2D eigenvalue weighted by Crippen LogP contribution is -2.55. The van der Waals surface area contributed by atoms with E-state index in [1.165, 1.54) is 11.3 Å². The molecular weight excluding hydrogens is 580 g/mol. The third-order valence-corrected chi connectivity index (χ3v) is 9.73. The number of aromatic nitrogens is 1. The van der Waals surface area contributed by atoms with Crippen molar-refractivity contribution >= 4 is 45.0 Å². The molecule has 3 N–H and O–H groups in total. The first-order chi connectivity index (χ1) is 21.3. The van der Waals surface area contributed by atoms with Crippen LogP contribution in [0.5, 0.6) is 10.9 Å². The Labute approximate surface area is 260 Å². The van der Waals surface area contributed by atoms with Gasteiger partial charge >= 0.3 is 5.97 Å². The maximum Gasteiger partial charge on any atom is 0.330 e. The van der Waals surface area contributed by atoms with Crippen LogP contribution >= 0.6 is 11.3 Å². The number of nitrogens with one attached hydrogen (secondary N) is 2. The van der Waals surface area contributed by atoms with Gasteiger partial charge in [0.1, 0.15) is 29.5 Å². The highest BCUT2D eigenvalue weighted by Crippen LogP contribution is 2.45. The van der Waals surface area contributed by atoms with E-state index >= 15 is 0 Å². The molecule has 2 amide bonds. The summed E-state index contributed by atoms with van der Waals surface area (Å²) < 4.78 is 12.7. The number of aryl methyl sites for hydroxylation is 1. The van der Waals surface area contributed by atoms with Crippen molar-refractivity contribution in [3.63, 3.8) is 0 Å². The van der Waals surface area contributed by atoms with Gasteiger partial charge in [0.15, 0.2) is 0 Å². The predicted molar refractivity (Wildman–Crippen MR) is 168 cm³/mol. The summed E-state index contributed by atoms with van der Waals surface area (Å²) in [4.78, 5) is 46.7. The van der Waals surface area contributed by atoms with Gasteiger partial charge in [-0.1, -0.05) is 48.5 Å². The molecular formula is C33H38N4O6S. The van der Waals surface area contributed by atoms with Crippen LogP contribution in [0.3, 0.4) is 0 Å². The van der Waals surface area contributed by atoms with Gasteiger partial charge in [-0.3, -0.25) is 9.59 Å². The SMILES string of the molecule is COc1cccc(N[C@H]2CCCCC/C=C\[C@H]3C[C@@]3(C(=O)O)NC(=O)[C@@H]3C[C@@H](Oc4nc5ccc(C)cc5s4)CN3C2=O)c1. The van der Waals surface area contributed by atoms with Crippen molar-refractivity contribution < 1.29 is 29.0 Å². The van der Waals surface area contributed by atoms with E-state index in [1.54, 1.807) is 12.0 Å². The largest absolute Gasteiger partial charge is 0.497 e. The van der Waals surface area contributed by atoms with Crippen molar-refractivity contribution in [2.45, 2.75) is 75.6 Å². The molecule has 1 aliphatic carbocycles. The molecule has 0 unspecified atom stereocenters. The molecule has 2 aliphatic heterocycles. The molecule has 1 aromatic heterocycles. The minimum atomic E-state index is -1.36. The van der Waals surface area contributed by atoms with Crippen LogP contribution in [0.4, 0.5) is 5.69 Å². The normalized spacial score (nSPS) is 28.2. The molecule has 10 nitrogen and oxygen atoms in total. The molecule has 0 spiro atoms. The highest BCUT2D eigenvalue weighted by Gasteiger charge is 2.61. The molecule has 6 rings (SSSR count). The summed E-state index contributed by atoms with van der Waals surface area (Å²) in [5.74, 6) is -1.36. The van der Waals surface area contributed by atoms with E-state index in [0.29, 0.717) is 23.8 Å². The number of allylic oxidation sites excluding steroid dienone is 1. The Morgan fingerprint density at radius 1 is 1.18 bits per heavy atom. The molecule has 1 saturated carbocycles. The topological polar surface area (TPSA) is 130 Å². The summed E-state index contributed by atoms with van der Waals surface area (Å²) in [6.45, 7) is 2.21. The van der Waals surface area contributed by atoms with Crippen LogP contribution in [0.1, 0.15) is 50.5 Å². The van der Waals surface area contributed by atoms with Crippen LogP contribution in [-0.2, 0) is 14.4 Å². The van der Waals surface area contributed by atoms with Crippen LogP contribution in [-0.4, -0.2) is 70.2 Å². The summed E-state index contributed by atoms with van der Waals surface area (Å²) in [5.41, 5.74) is 1.34. The molecule has 2 aromatic carbocycles. The monoisotopic (exact) mass is 618 g/mol. The van der Waals surface area contributed by atoms with Crippen molar-refractivity contribution in [3.05, 3.63) is 60.2 Å². The molecule has 0 bridgehead atoms. The number of aliphatic carboxylic acids is 1. The molecule has 5 atom stereocenters. The molecule has 44 heavy (non-hydrogen) atoms. The Hall–Kier alpha value is -4.12. The number of carboxylic acids is 1. The van der Waals surface area contributed by atoms with Crippen molar-refractivity contribution in [1.29, 1.82) is 0 Å². The van der Waals surface area contributed by atoms with Crippen LogP contribution < -0.4 is 20.1 Å². The average molecular weight is 619 g/mol. The number of thiazole rings is 1. The maximum absolute atomic E-state index is 14.3. The number of methoxy groups -OCH3 is 1. The van der Waals surface area contributed by atoms with Crippen LogP contribution in [0.15, 0.2) is 54.6 Å². The van der Waals surface area contributed by atoms with E-state index < -0.39 is 35.6 Å². The van der Waals surface area contributed by atoms with E-state index in [2.05, 4.69) is 21.7 Å². The number of hydrogen-bond donors (Lipinski definition) is 3. The van der Waals surface area contributed by atoms with Gasteiger partial charge in [-0.15, -0.1) is 0 Å². The molecule has 3 heterocycles. The van der Waals surface area contributed by atoms with Crippen LogP contribution in [0, 0.1) is 12.8 Å². The van der Waals surface area contributed by atoms with Gasteiger partial charge in [-0.05, 0) is 62.4 Å². The second kappa shape index (κ2) is 12.5. The first-order valence-electron chi connectivity index (χ1n) is 15.2. The van der Waals surface area contributed by atoms with E-state index in [0.717, 1.165) is 47.2 Å². The minimum absolute atomic E-state index is 0.186. The lowest BCUT2D eigenvalue weighted by Gasteiger charge is -2.30. The molecule has 11 heteroatoms. The fraction of sp³-hybridized carbons (Fsp3) is 0.455. The highest BCUT2D eigenvalue weighted by molar-refractivity contribution is 7.20. The van der Waals surface area contributed by atoms with Gasteiger partial charge < -0.3 is 30.1 Å². The number of benzene rings is 2. The zero-order valence-corrected chi connectivity index (χ0v) is 25.8. The number of anilines is 1. The summed E-state index contributed by atoms with van der Waals surface area (Å²) in [5, 5.41) is 16.8. The lowest BCUT2D eigenvalue weighted by atomic mass is 10.0. The number of amides is 2. The van der Waals surface area contributed by atoms with Crippen molar-refractivity contribution in [1.82, 2.24) is 15.2 Å². The Morgan fingerprint density at radius 2 is 2.05 bits per heavy atom. The number of rotatable bonds is 6. The van der Waals surface area contributed by atoms with Gasteiger partial charge in [0.05, 0.1) is 23.9 Å². The third kappa shape index (κ3) is 6.24. The molecule has 1 saturated heterocycles. The summed E-state index contributed by atoms with van der Waals surface area (Å²) in [6, 6.07) is 11.9. The second-order valence-corrected chi connectivity index (χ2v) is 13.0. The third-order valence-electron chi connectivity index (χ3n) is 8.82. The van der Waals surface area contributed by atoms with E-state index in [-0.39, 0.29) is 24.8 Å². The molecule has 3 aliphatic rings. The van der Waals surface area contributed by atoms with Crippen molar-refractivity contribution in [3.8, 4) is 10.9 Å². The van der Waals surface area contributed by atoms with Gasteiger partial charge in [-0.25, -0.2) is 9.78 Å². The quantitative estimate of drug-likeness (QED) is 0.332. The molecule has 0 radical (unpaired) electrons. The smallest absolute Gasteiger partial charge is 0.330 e. The first kappa shape index (κ1) is 29.9. The number of nitrogens with zero attached hydrogens (tertiary/aromatic N) is 2. The molecule has 232 valence electrons. The number of carbonyl (C=O) groups is 3. The fourth-order valence-corrected chi connectivity index (χ4v) is 7.24. The number of fused-ring (bicyclic) bond motifs is 3. The lowest BCUT2D eigenvalue weighted by molar-refractivity contribution is -0.145. The summed E-state index contributed by atoms with van der Waals surface area (Å²) in [6.07, 6.45) is 8.08. The van der Waals surface area contributed by atoms with Crippen LogP contribution in [0.2, 0.25) is 0 Å². The Balaban J connectivity index is 1.29. The van der Waals surface area contributed by atoms with Gasteiger partial charge in [0.25, 0.3) is 5.19 Å². The number of carboxylic acid groups (broad SMARTS) is 1. The van der Waals surface area contributed by atoms with E-state index in [1.807, 2.05) is 55.5 Å². The van der Waals surface area contributed by atoms with Gasteiger partial charge in [0, 0.05) is 24.1 Å². The van der Waals surface area contributed by atoms with Crippen LogP contribution in [0.25, 0.3) is 10.2 Å². The van der Waals surface area contributed by atoms with Gasteiger partial charge in [-0.2, -0.15) is 0 Å². The summed E-state index contributed by atoms with van der Waals surface area (Å²) >= 11 is 1.43. The molecule has 3 aromatic rings. The zero-order valence-electron chi connectivity index (χ0n) is 25.0. The highest BCUT2D eigenvalue weighted by atomic mass is 32.1. The maximum atomic E-state index is 14.3.